The number of piperidine rings is 1. The summed E-state index contributed by atoms with van der Waals surface area (Å²) in [6.45, 7) is 5.78. The molecule has 3 aliphatic rings. The summed E-state index contributed by atoms with van der Waals surface area (Å²) in [6.07, 6.45) is 9.13. The van der Waals surface area contributed by atoms with Crippen LogP contribution in [0.4, 0.5) is 0 Å². The minimum absolute atomic E-state index is 0.248. The lowest BCUT2D eigenvalue weighted by Crippen LogP contribution is -2.35. The highest BCUT2D eigenvalue weighted by atomic mass is 16.7. The molecule has 4 rings (SSSR count). The third-order valence-corrected chi connectivity index (χ3v) is 7.57. The van der Waals surface area contributed by atoms with Crippen molar-refractivity contribution in [3.8, 4) is 11.5 Å². The zero-order valence-corrected chi connectivity index (χ0v) is 18.6. The number of hydrogen-bond acceptors (Lipinski definition) is 5. The molecule has 30 heavy (non-hydrogen) atoms. The number of ketones is 1. The monoisotopic (exact) mass is 415 g/mol. The second-order valence-electron chi connectivity index (χ2n) is 9.42. The number of likely N-dealkylation sites (tertiary alicyclic amines) is 1. The summed E-state index contributed by atoms with van der Waals surface area (Å²) in [4.78, 5) is 14.7. The van der Waals surface area contributed by atoms with Gasteiger partial charge in [-0.15, -0.1) is 0 Å². The number of hydrogen-bond donors (Lipinski definition) is 0. The maximum Gasteiger partial charge on any atom is 0.231 e. The fourth-order valence-corrected chi connectivity index (χ4v) is 5.41. The summed E-state index contributed by atoms with van der Waals surface area (Å²) < 4.78 is 16.4. The van der Waals surface area contributed by atoms with Gasteiger partial charge in [0.25, 0.3) is 0 Å². The molecule has 0 radical (unpaired) electrons. The number of methoxy groups -OCH3 is 1. The molecule has 1 aliphatic carbocycles. The molecule has 2 heterocycles. The van der Waals surface area contributed by atoms with Gasteiger partial charge in [0.1, 0.15) is 6.10 Å². The van der Waals surface area contributed by atoms with Crippen LogP contribution in [0, 0.1) is 11.8 Å². The van der Waals surface area contributed by atoms with E-state index in [0.29, 0.717) is 25.0 Å². The Bertz CT molecular complexity index is 705. The van der Waals surface area contributed by atoms with Crippen LogP contribution >= 0.6 is 0 Å². The summed E-state index contributed by atoms with van der Waals surface area (Å²) >= 11 is 0. The Morgan fingerprint density at radius 1 is 1.10 bits per heavy atom. The standard InChI is InChI=1S/C25H37NO4/c1-18(28-2)23(27)16-20-8-6-19(7-9-20)10-13-26-14-11-21(12-15-26)22-4-3-5-24-25(22)30-17-29-24/h3-5,18-21H,6-17H2,1-2H3/t18-,19?,20?/m1/s1. The van der Waals surface area contributed by atoms with Gasteiger partial charge < -0.3 is 19.1 Å². The Balaban J connectivity index is 1.16. The van der Waals surface area contributed by atoms with Crippen LogP contribution in [-0.2, 0) is 9.53 Å². The quantitative estimate of drug-likeness (QED) is 0.611. The molecule has 166 valence electrons. The maximum atomic E-state index is 12.1. The molecule has 2 fully saturated rings. The molecule has 5 heteroatoms. The lowest BCUT2D eigenvalue weighted by Gasteiger charge is -2.34. The number of benzene rings is 1. The molecular formula is C25H37NO4. The molecule has 0 unspecified atom stereocenters. The zero-order valence-electron chi connectivity index (χ0n) is 18.6. The van der Waals surface area contributed by atoms with Gasteiger partial charge in [0, 0.05) is 19.1 Å². The van der Waals surface area contributed by atoms with Crippen LogP contribution < -0.4 is 9.47 Å². The van der Waals surface area contributed by atoms with E-state index < -0.39 is 0 Å². The Morgan fingerprint density at radius 3 is 2.57 bits per heavy atom. The van der Waals surface area contributed by atoms with Crippen molar-refractivity contribution in [2.45, 2.75) is 70.3 Å². The van der Waals surface area contributed by atoms with Gasteiger partial charge in [0.05, 0.1) is 0 Å². The molecule has 1 aromatic rings. The highest BCUT2D eigenvalue weighted by Gasteiger charge is 2.28. The number of nitrogens with zero attached hydrogens (tertiary/aromatic N) is 1. The van der Waals surface area contributed by atoms with Crippen LogP contribution in [0.1, 0.15) is 69.8 Å². The van der Waals surface area contributed by atoms with E-state index in [4.69, 9.17) is 14.2 Å². The molecule has 0 spiro atoms. The number of rotatable bonds is 8. The number of para-hydroxylation sites is 1. The van der Waals surface area contributed by atoms with E-state index in [2.05, 4.69) is 17.0 Å². The SMILES string of the molecule is CO[C@H](C)C(=O)CC1CCC(CCN2CCC(c3cccc4c3OCO4)CC2)CC1. The van der Waals surface area contributed by atoms with Crippen molar-refractivity contribution in [3.05, 3.63) is 23.8 Å². The number of carbonyl (C=O) groups excluding carboxylic acids is 1. The molecule has 1 saturated heterocycles. The number of Topliss-reactive ketones (excluding diaryl/α,β-unsaturated/α-hetero) is 1. The molecule has 2 aliphatic heterocycles. The van der Waals surface area contributed by atoms with E-state index >= 15 is 0 Å². The summed E-state index contributed by atoms with van der Waals surface area (Å²) in [5.41, 5.74) is 1.33. The first-order valence-corrected chi connectivity index (χ1v) is 11.8. The van der Waals surface area contributed by atoms with Crippen LogP contribution in [0.3, 0.4) is 0 Å². The van der Waals surface area contributed by atoms with Crippen LogP contribution in [0.5, 0.6) is 11.5 Å². The summed E-state index contributed by atoms with van der Waals surface area (Å²) in [5, 5.41) is 0. The largest absolute Gasteiger partial charge is 0.454 e. The predicted octanol–water partition coefficient (Wildman–Crippen LogP) is 4.79. The van der Waals surface area contributed by atoms with Gasteiger partial charge >= 0.3 is 0 Å². The second kappa shape index (κ2) is 10.1. The Labute approximate surface area is 181 Å². The minimum atomic E-state index is -0.248. The Kier molecular flexibility index (Phi) is 7.32. The number of ether oxygens (including phenoxy) is 3. The number of carbonyl (C=O) groups is 1. The van der Waals surface area contributed by atoms with E-state index in [1.807, 2.05) is 13.0 Å². The van der Waals surface area contributed by atoms with Crippen LogP contribution in [0.15, 0.2) is 18.2 Å². The normalized spacial score (nSPS) is 25.9. The molecular weight excluding hydrogens is 378 g/mol. The molecule has 0 aromatic heterocycles. The molecule has 1 aromatic carbocycles. The van der Waals surface area contributed by atoms with E-state index in [-0.39, 0.29) is 11.9 Å². The molecule has 0 N–H and O–H groups in total. The Morgan fingerprint density at radius 2 is 1.83 bits per heavy atom. The predicted molar refractivity (Wildman–Crippen MR) is 117 cm³/mol. The number of fused-ring (bicyclic) bond motifs is 1. The highest BCUT2D eigenvalue weighted by Crippen LogP contribution is 2.42. The molecule has 0 amide bonds. The van der Waals surface area contributed by atoms with E-state index in [1.54, 1.807) is 7.11 Å². The first-order valence-electron chi connectivity index (χ1n) is 11.8. The van der Waals surface area contributed by atoms with Crippen molar-refractivity contribution in [2.75, 3.05) is 33.5 Å². The first-order chi connectivity index (χ1) is 14.6. The van der Waals surface area contributed by atoms with Crippen molar-refractivity contribution in [1.29, 1.82) is 0 Å². The van der Waals surface area contributed by atoms with Crippen LogP contribution in [-0.4, -0.2) is 50.3 Å². The van der Waals surface area contributed by atoms with Gasteiger partial charge in [-0.25, -0.2) is 0 Å². The molecule has 5 nitrogen and oxygen atoms in total. The summed E-state index contributed by atoms with van der Waals surface area (Å²) in [5.74, 6) is 4.14. The topological polar surface area (TPSA) is 48.0 Å². The average Bonchev–Trinajstić information content (AvgIpc) is 3.27. The van der Waals surface area contributed by atoms with Crippen molar-refractivity contribution in [1.82, 2.24) is 4.90 Å². The van der Waals surface area contributed by atoms with Gasteiger partial charge in [-0.2, -0.15) is 0 Å². The molecule has 0 bridgehead atoms. The maximum absolute atomic E-state index is 12.1. The van der Waals surface area contributed by atoms with Gasteiger partial charge in [0.2, 0.25) is 6.79 Å². The van der Waals surface area contributed by atoms with Crippen molar-refractivity contribution in [3.63, 3.8) is 0 Å². The van der Waals surface area contributed by atoms with Crippen molar-refractivity contribution >= 4 is 5.78 Å². The van der Waals surface area contributed by atoms with Crippen molar-refractivity contribution in [2.24, 2.45) is 11.8 Å². The average molecular weight is 416 g/mol. The smallest absolute Gasteiger partial charge is 0.231 e. The van der Waals surface area contributed by atoms with Gasteiger partial charge in [-0.05, 0) is 82.5 Å². The van der Waals surface area contributed by atoms with E-state index in [1.165, 1.54) is 70.1 Å². The lowest BCUT2D eigenvalue weighted by molar-refractivity contribution is -0.129. The fraction of sp³-hybridized carbons (Fsp3) is 0.720. The lowest BCUT2D eigenvalue weighted by atomic mass is 9.78. The fourth-order valence-electron chi connectivity index (χ4n) is 5.41. The summed E-state index contributed by atoms with van der Waals surface area (Å²) in [7, 11) is 1.62. The van der Waals surface area contributed by atoms with Gasteiger partial charge in [-0.1, -0.05) is 25.0 Å². The van der Waals surface area contributed by atoms with Crippen LogP contribution in [0.2, 0.25) is 0 Å². The Hall–Kier alpha value is -1.59. The van der Waals surface area contributed by atoms with E-state index in [9.17, 15) is 4.79 Å². The summed E-state index contributed by atoms with van der Waals surface area (Å²) in [6, 6.07) is 6.31. The van der Waals surface area contributed by atoms with Gasteiger partial charge in [-0.3, -0.25) is 4.79 Å². The third-order valence-electron chi connectivity index (χ3n) is 7.57. The van der Waals surface area contributed by atoms with E-state index in [0.717, 1.165) is 17.4 Å². The van der Waals surface area contributed by atoms with Crippen LogP contribution in [0.25, 0.3) is 0 Å². The minimum Gasteiger partial charge on any atom is -0.454 e. The molecule has 1 atom stereocenters. The first kappa shape index (κ1) is 21.6. The van der Waals surface area contributed by atoms with Crippen molar-refractivity contribution < 1.29 is 19.0 Å². The second-order valence-corrected chi connectivity index (χ2v) is 9.42. The third kappa shape index (κ3) is 5.17. The highest BCUT2D eigenvalue weighted by molar-refractivity contribution is 5.82. The van der Waals surface area contributed by atoms with Gasteiger partial charge in [0.15, 0.2) is 17.3 Å². The molecule has 1 saturated carbocycles. The zero-order chi connectivity index (χ0) is 20.9.